The quantitative estimate of drug-likeness (QED) is 0.888. The second kappa shape index (κ2) is 7.77. The van der Waals surface area contributed by atoms with E-state index in [0.29, 0.717) is 5.69 Å². The van der Waals surface area contributed by atoms with Gasteiger partial charge in [0.15, 0.2) is 0 Å². The lowest BCUT2D eigenvalue weighted by atomic mass is 9.84. The van der Waals surface area contributed by atoms with Gasteiger partial charge in [0, 0.05) is 11.7 Å². The van der Waals surface area contributed by atoms with E-state index in [1.54, 1.807) is 0 Å². The Labute approximate surface area is 142 Å². The van der Waals surface area contributed by atoms with Crippen molar-refractivity contribution in [2.24, 2.45) is 5.92 Å². The number of anilines is 1. The SMILES string of the molecule is Cc1ccc(C)c(NC(=O)[C@H](CC(=O)[O-])[C@@H](C)c2ccccc2)c1. The Morgan fingerprint density at radius 2 is 1.75 bits per heavy atom. The van der Waals surface area contributed by atoms with Gasteiger partial charge in [-0.25, -0.2) is 0 Å². The molecule has 0 radical (unpaired) electrons. The van der Waals surface area contributed by atoms with Crippen LogP contribution < -0.4 is 10.4 Å². The molecular weight excluding hydrogens is 302 g/mol. The van der Waals surface area contributed by atoms with Crippen LogP contribution in [0.1, 0.15) is 36.0 Å². The molecular formula is C20H22NO3-. The lowest BCUT2D eigenvalue weighted by Crippen LogP contribution is -2.34. The fourth-order valence-electron chi connectivity index (χ4n) is 2.76. The molecule has 0 bridgehead atoms. The first-order valence-corrected chi connectivity index (χ1v) is 8.01. The number of hydrogen-bond donors (Lipinski definition) is 1. The fourth-order valence-corrected chi connectivity index (χ4v) is 2.76. The van der Waals surface area contributed by atoms with E-state index in [1.807, 2.05) is 69.3 Å². The molecule has 2 aromatic carbocycles. The molecule has 0 heterocycles. The van der Waals surface area contributed by atoms with Gasteiger partial charge in [0.25, 0.3) is 0 Å². The van der Waals surface area contributed by atoms with E-state index in [4.69, 9.17) is 0 Å². The van der Waals surface area contributed by atoms with Gasteiger partial charge in [0.1, 0.15) is 0 Å². The van der Waals surface area contributed by atoms with Gasteiger partial charge >= 0.3 is 0 Å². The van der Waals surface area contributed by atoms with Gasteiger partial charge in [-0.3, -0.25) is 4.79 Å². The Kier molecular flexibility index (Phi) is 5.74. The molecule has 0 unspecified atom stereocenters. The predicted octanol–water partition coefficient (Wildman–Crippen LogP) is 2.80. The van der Waals surface area contributed by atoms with Crippen LogP contribution in [0.4, 0.5) is 5.69 Å². The molecule has 0 spiro atoms. The summed E-state index contributed by atoms with van der Waals surface area (Å²) in [5.41, 5.74) is 3.61. The maximum absolute atomic E-state index is 12.7. The van der Waals surface area contributed by atoms with Crippen molar-refractivity contribution >= 4 is 17.6 Å². The van der Waals surface area contributed by atoms with Gasteiger partial charge in [0.05, 0.1) is 5.92 Å². The zero-order valence-electron chi connectivity index (χ0n) is 14.2. The number of nitrogens with one attached hydrogen (secondary N) is 1. The van der Waals surface area contributed by atoms with Gasteiger partial charge in [-0.2, -0.15) is 0 Å². The highest BCUT2D eigenvalue weighted by atomic mass is 16.4. The van der Waals surface area contributed by atoms with Crippen molar-refractivity contribution in [2.75, 3.05) is 5.32 Å². The molecule has 0 aliphatic heterocycles. The van der Waals surface area contributed by atoms with Gasteiger partial charge in [0.2, 0.25) is 5.91 Å². The summed E-state index contributed by atoms with van der Waals surface area (Å²) in [6, 6.07) is 15.2. The molecule has 0 aliphatic rings. The summed E-state index contributed by atoms with van der Waals surface area (Å²) >= 11 is 0. The van der Waals surface area contributed by atoms with Gasteiger partial charge in [-0.1, -0.05) is 49.4 Å². The van der Waals surface area contributed by atoms with Crippen molar-refractivity contribution in [3.8, 4) is 0 Å². The van der Waals surface area contributed by atoms with Crippen molar-refractivity contribution in [1.29, 1.82) is 0 Å². The Balaban J connectivity index is 2.25. The number of carboxylic acid groups (broad SMARTS) is 1. The third-order valence-corrected chi connectivity index (χ3v) is 4.30. The summed E-state index contributed by atoms with van der Waals surface area (Å²) in [4.78, 5) is 23.9. The van der Waals surface area contributed by atoms with Crippen LogP contribution in [0.5, 0.6) is 0 Å². The van der Waals surface area contributed by atoms with Crippen molar-refractivity contribution in [3.63, 3.8) is 0 Å². The molecule has 0 aromatic heterocycles. The summed E-state index contributed by atoms with van der Waals surface area (Å²) in [6.45, 7) is 5.72. The monoisotopic (exact) mass is 324 g/mol. The average molecular weight is 324 g/mol. The lowest BCUT2D eigenvalue weighted by molar-refractivity contribution is -0.306. The summed E-state index contributed by atoms with van der Waals surface area (Å²) < 4.78 is 0. The summed E-state index contributed by atoms with van der Waals surface area (Å²) in [6.07, 6.45) is -0.313. The van der Waals surface area contributed by atoms with Crippen LogP contribution in [0.2, 0.25) is 0 Å². The third kappa shape index (κ3) is 4.44. The second-order valence-corrected chi connectivity index (χ2v) is 6.19. The Morgan fingerprint density at radius 1 is 1.08 bits per heavy atom. The maximum Gasteiger partial charge on any atom is 0.228 e. The minimum atomic E-state index is -1.22. The largest absolute Gasteiger partial charge is 0.550 e. The van der Waals surface area contributed by atoms with Crippen LogP contribution in [0.3, 0.4) is 0 Å². The molecule has 0 saturated carbocycles. The molecule has 2 atom stereocenters. The van der Waals surface area contributed by atoms with Crippen LogP contribution in [-0.2, 0) is 9.59 Å². The number of carboxylic acids is 1. The highest BCUT2D eigenvalue weighted by molar-refractivity contribution is 5.95. The zero-order valence-corrected chi connectivity index (χ0v) is 14.2. The molecule has 2 aromatic rings. The number of carbonyl (C=O) groups excluding carboxylic acids is 2. The van der Waals surface area contributed by atoms with E-state index in [2.05, 4.69) is 5.32 Å². The van der Waals surface area contributed by atoms with Crippen LogP contribution in [0, 0.1) is 19.8 Å². The van der Waals surface area contributed by atoms with Crippen LogP contribution in [0.25, 0.3) is 0 Å². The van der Waals surface area contributed by atoms with E-state index in [9.17, 15) is 14.7 Å². The molecule has 0 aliphatic carbocycles. The van der Waals surface area contributed by atoms with E-state index in [0.717, 1.165) is 16.7 Å². The summed E-state index contributed by atoms with van der Waals surface area (Å²) in [5, 5.41) is 14.0. The zero-order chi connectivity index (χ0) is 17.7. The fraction of sp³-hybridized carbons (Fsp3) is 0.300. The number of amides is 1. The molecule has 4 heteroatoms. The number of aryl methyl sites for hydroxylation is 2. The Hall–Kier alpha value is -2.62. The first-order chi connectivity index (χ1) is 11.4. The lowest BCUT2D eigenvalue weighted by Gasteiger charge is -2.24. The average Bonchev–Trinajstić information content (AvgIpc) is 2.56. The van der Waals surface area contributed by atoms with Crippen molar-refractivity contribution in [3.05, 3.63) is 65.2 Å². The van der Waals surface area contributed by atoms with Crippen LogP contribution in [0.15, 0.2) is 48.5 Å². The van der Waals surface area contributed by atoms with E-state index < -0.39 is 11.9 Å². The van der Waals surface area contributed by atoms with E-state index in [1.165, 1.54) is 0 Å². The normalized spacial score (nSPS) is 13.1. The van der Waals surface area contributed by atoms with Gasteiger partial charge in [-0.15, -0.1) is 0 Å². The first kappa shape index (κ1) is 17.7. The van der Waals surface area contributed by atoms with Gasteiger partial charge in [-0.05, 0) is 48.9 Å². The van der Waals surface area contributed by atoms with Crippen molar-refractivity contribution < 1.29 is 14.7 Å². The number of rotatable bonds is 6. The van der Waals surface area contributed by atoms with E-state index >= 15 is 0 Å². The maximum atomic E-state index is 12.7. The molecule has 1 N–H and O–H groups in total. The van der Waals surface area contributed by atoms with E-state index in [-0.39, 0.29) is 18.2 Å². The smallest absolute Gasteiger partial charge is 0.228 e. The molecule has 1 amide bonds. The number of hydrogen-bond acceptors (Lipinski definition) is 3. The minimum Gasteiger partial charge on any atom is -0.550 e. The van der Waals surface area contributed by atoms with Crippen molar-refractivity contribution in [2.45, 2.75) is 33.1 Å². The highest BCUT2D eigenvalue weighted by Crippen LogP contribution is 2.28. The standard InChI is InChI=1S/C20H23NO3/c1-13-9-10-14(2)18(11-13)21-20(24)17(12-19(22)23)15(3)16-7-5-4-6-8-16/h4-11,15,17H,12H2,1-3H3,(H,21,24)(H,22,23)/p-1/t15-,17+/m0/s1. The summed E-state index contributed by atoms with van der Waals surface area (Å²) in [7, 11) is 0. The van der Waals surface area contributed by atoms with Gasteiger partial charge < -0.3 is 15.2 Å². The number of carbonyl (C=O) groups is 2. The Bertz CT molecular complexity index is 725. The molecule has 126 valence electrons. The first-order valence-electron chi connectivity index (χ1n) is 8.01. The molecule has 0 fully saturated rings. The summed E-state index contributed by atoms with van der Waals surface area (Å²) in [5.74, 6) is -2.45. The number of aliphatic carboxylic acids is 1. The topological polar surface area (TPSA) is 69.2 Å². The predicted molar refractivity (Wildman–Crippen MR) is 92.5 cm³/mol. The third-order valence-electron chi connectivity index (χ3n) is 4.30. The minimum absolute atomic E-state index is 0.228. The molecule has 0 saturated heterocycles. The van der Waals surface area contributed by atoms with Crippen molar-refractivity contribution in [1.82, 2.24) is 0 Å². The molecule has 2 rings (SSSR count). The number of benzene rings is 2. The van der Waals surface area contributed by atoms with Crippen LogP contribution >= 0.6 is 0 Å². The molecule has 24 heavy (non-hydrogen) atoms. The molecule has 4 nitrogen and oxygen atoms in total. The van der Waals surface area contributed by atoms with Crippen LogP contribution in [-0.4, -0.2) is 11.9 Å². The Morgan fingerprint density at radius 3 is 2.38 bits per heavy atom. The highest BCUT2D eigenvalue weighted by Gasteiger charge is 2.26. The second-order valence-electron chi connectivity index (χ2n) is 6.19.